The van der Waals surface area contributed by atoms with E-state index in [9.17, 15) is 9.90 Å². The lowest BCUT2D eigenvalue weighted by molar-refractivity contribution is 0.124. The Morgan fingerprint density at radius 2 is 1.58 bits per heavy atom. The molecule has 0 aliphatic carbocycles. The summed E-state index contributed by atoms with van der Waals surface area (Å²) in [4.78, 5) is 17.1. The number of likely N-dealkylation sites (tertiary alicyclic amines) is 2. The predicted molar refractivity (Wildman–Crippen MR) is 126 cm³/mol. The van der Waals surface area contributed by atoms with Crippen molar-refractivity contribution in [3.05, 3.63) is 42.0 Å². The third-order valence-electron chi connectivity index (χ3n) is 6.92. The van der Waals surface area contributed by atoms with Crippen LogP contribution in [0.5, 0.6) is 23.0 Å². The monoisotopic (exact) mass is 455 g/mol. The Morgan fingerprint density at radius 1 is 0.970 bits per heavy atom. The second-order valence-corrected chi connectivity index (χ2v) is 8.93. The van der Waals surface area contributed by atoms with Crippen LogP contribution in [0, 0.1) is 5.41 Å². The van der Waals surface area contributed by atoms with E-state index in [2.05, 4.69) is 10.2 Å². The molecule has 2 aliphatic rings. The van der Waals surface area contributed by atoms with Crippen molar-refractivity contribution >= 4 is 11.7 Å². The first-order chi connectivity index (χ1) is 16.0. The van der Waals surface area contributed by atoms with Crippen LogP contribution in [0.1, 0.15) is 24.8 Å². The molecule has 2 fully saturated rings. The van der Waals surface area contributed by atoms with Gasteiger partial charge in [-0.25, -0.2) is 4.79 Å². The fourth-order valence-electron chi connectivity index (χ4n) is 4.99. The SMILES string of the molecule is COc1ccccc1NC(=O)N1CCC2(CCN(Cc3cc(OC)c(O)c(OC)c3)C2)CC1. The molecule has 33 heavy (non-hydrogen) atoms. The summed E-state index contributed by atoms with van der Waals surface area (Å²) < 4.78 is 15.9. The maximum absolute atomic E-state index is 12.8. The van der Waals surface area contributed by atoms with E-state index in [1.54, 1.807) is 21.3 Å². The van der Waals surface area contributed by atoms with E-state index in [0.29, 0.717) is 22.9 Å². The van der Waals surface area contributed by atoms with Crippen molar-refractivity contribution in [1.29, 1.82) is 0 Å². The van der Waals surface area contributed by atoms with Crippen molar-refractivity contribution in [1.82, 2.24) is 9.80 Å². The van der Waals surface area contributed by atoms with Gasteiger partial charge in [0.15, 0.2) is 11.5 Å². The van der Waals surface area contributed by atoms with Gasteiger partial charge in [-0.2, -0.15) is 0 Å². The standard InChI is InChI=1S/C25H33N3O5/c1-31-20-7-5-4-6-19(20)26-24(30)28-12-9-25(10-13-28)8-11-27(17-25)16-18-14-21(32-2)23(29)22(15-18)33-3/h4-7,14-15,29H,8-13,16-17H2,1-3H3,(H,26,30). The Kier molecular flexibility index (Phi) is 6.83. The molecular weight excluding hydrogens is 422 g/mol. The molecule has 4 rings (SSSR count). The predicted octanol–water partition coefficient (Wildman–Crippen LogP) is 3.94. The van der Waals surface area contributed by atoms with Gasteiger partial charge in [0, 0.05) is 26.2 Å². The number of nitrogens with zero attached hydrogens (tertiary/aromatic N) is 2. The van der Waals surface area contributed by atoms with Gasteiger partial charge in [-0.05, 0) is 61.1 Å². The van der Waals surface area contributed by atoms with Gasteiger partial charge in [-0.15, -0.1) is 0 Å². The number of carbonyl (C=O) groups excluding carboxylic acids is 1. The molecule has 2 aromatic carbocycles. The van der Waals surface area contributed by atoms with Crippen LogP contribution in [0.3, 0.4) is 0 Å². The van der Waals surface area contributed by atoms with Crippen LogP contribution >= 0.6 is 0 Å². The van der Waals surface area contributed by atoms with E-state index < -0.39 is 0 Å². The number of benzene rings is 2. The lowest BCUT2D eigenvalue weighted by Gasteiger charge is -2.39. The number of amides is 2. The zero-order valence-corrected chi connectivity index (χ0v) is 19.6. The topological polar surface area (TPSA) is 83.5 Å². The largest absolute Gasteiger partial charge is 0.502 e. The van der Waals surface area contributed by atoms with E-state index in [-0.39, 0.29) is 17.2 Å². The van der Waals surface area contributed by atoms with E-state index >= 15 is 0 Å². The molecule has 2 amide bonds. The third-order valence-corrected chi connectivity index (χ3v) is 6.92. The number of rotatable bonds is 6. The Labute approximate surface area is 195 Å². The first kappa shape index (κ1) is 23.0. The molecule has 8 nitrogen and oxygen atoms in total. The normalized spacial score (nSPS) is 17.7. The Balaban J connectivity index is 1.33. The van der Waals surface area contributed by atoms with Gasteiger partial charge < -0.3 is 29.5 Å². The minimum absolute atomic E-state index is 0.0282. The summed E-state index contributed by atoms with van der Waals surface area (Å²) >= 11 is 0. The van der Waals surface area contributed by atoms with E-state index in [4.69, 9.17) is 14.2 Å². The van der Waals surface area contributed by atoms with Crippen molar-refractivity contribution in [3.8, 4) is 23.0 Å². The number of phenolic OH excluding ortho intramolecular Hbond substituents is 1. The third kappa shape index (κ3) is 4.95. The number of hydrogen-bond donors (Lipinski definition) is 2. The number of anilines is 1. The Bertz CT molecular complexity index is 963. The summed E-state index contributed by atoms with van der Waals surface area (Å²) in [6.07, 6.45) is 3.11. The fourth-order valence-corrected chi connectivity index (χ4v) is 4.99. The highest BCUT2D eigenvalue weighted by Crippen LogP contribution is 2.42. The average Bonchev–Trinajstić information content (AvgIpc) is 3.22. The molecule has 2 aromatic rings. The maximum atomic E-state index is 12.8. The Morgan fingerprint density at radius 3 is 2.21 bits per heavy atom. The molecule has 8 heteroatoms. The lowest BCUT2D eigenvalue weighted by atomic mass is 9.78. The second-order valence-electron chi connectivity index (χ2n) is 8.93. The molecule has 2 saturated heterocycles. The van der Waals surface area contributed by atoms with Gasteiger partial charge in [0.25, 0.3) is 0 Å². The summed E-state index contributed by atoms with van der Waals surface area (Å²) in [5.41, 5.74) is 1.98. The molecule has 0 saturated carbocycles. The molecule has 0 bridgehead atoms. The van der Waals surface area contributed by atoms with Crippen molar-refractivity contribution in [2.75, 3.05) is 52.8 Å². The van der Waals surface area contributed by atoms with Gasteiger partial charge >= 0.3 is 6.03 Å². The van der Waals surface area contributed by atoms with E-state index in [1.807, 2.05) is 41.3 Å². The molecule has 1 spiro atoms. The number of phenols is 1. The minimum Gasteiger partial charge on any atom is -0.502 e. The first-order valence-corrected chi connectivity index (χ1v) is 11.3. The quantitative estimate of drug-likeness (QED) is 0.687. The van der Waals surface area contributed by atoms with Crippen molar-refractivity contribution in [2.24, 2.45) is 5.41 Å². The first-order valence-electron chi connectivity index (χ1n) is 11.3. The van der Waals surface area contributed by atoms with Crippen LogP contribution in [0.4, 0.5) is 10.5 Å². The summed E-state index contributed by atoms with van der Waals surface area (Å²) in [6.45, 7) is 4.28. The molecule has 0 radical (unpaired) electrons. The number of ether oxygens (including phenoxy) is 3. The van der Waals surface area contributed by atoms with Crippen molar-refractivity contribution in [2.45, 2.75) is 25.8 Å². The van der Waals surface area contributed by atoms with Crippen molar-refractivity contribution < 1.29 is 24.1 Å². The van der Waals surface area contributed by atoms with E-state index in [1.165, 1.54) is 0 Å². The average molecular weight is 456 g/mol. The number of methoxy groups -OCH3 is 3. The molecule has 178 valence electrons. The smallest absolute Gasteiger partial charge is 0.321 e. The zero-order valence-electron chi connectivity index (χ0n) is 19.6. The number of nitrogens with one attached hydrogen (secondary N) is 1. The zero-order chi connectivity index (χ0) is 23.4. The van der Waals surface area contributed by atoms with Gasteiger partial charge in [0.05, 0.1) is 27.0 Å². The number of hydrogen-bond acceptors (Lipinski definition) is 6. The van der Waals surface area contributed by atoms with Crippen molar-refractivity contribution in [3.63, 3.8) is 0 Å². The van der Waals surface area contributed by atoms with Crippen LogP contribution in [0.2, 0.25) is 0 Å². The van der Waals surface area contributed by atoms with Crippen LogP contribution < -0.4 is 19.5 Å². The molecule has 0 unspecified atom stereocenters. The molecular formula is C25H33N3O5. The number of aromatic hydroxyl groups is 1. The fraction of sp³-hybridized carbons (Fsp3) is 0.480. The summed E-state index contributed by atoms with van der Waals surface area (Å²) in [6, 6.07) is 11.1. The van der Waals surface area contributed by atoms with Crippen LogP contribution in [0.25, 0.3) is 0 Å². The van der Waals surface area contributed by atoms with E-state index in [0.717, 1.165) is 57.5 Å². The summed E-state index contributed by atoms with van der Waals surface area (Å²) in [7, 11) is 4.69. The molecule has 2 aliphatic heterocycles. The number of carbonyl (C=O) groups is 1. The number of para-hydroxylation sites is 2. The maximum Gasteiger partial charge on any atom is 0.321 e. The van der Waals surface area contributed by atoms with Crippen LogP contribution in [-0.4, -0.2) is 68.4 Å². The van der Waals surface area contributed by atoms with Gasteiger partial charge in [0.1, 0.15) is 5.75 Å². The minimum atomic E-state index is -0.0764. The van der Waals surface area contributed by atoms with Gasteiger partial charge in [0.2, 0.25) is 5.75 Å². The van der Waals surface area contributed by atoms with Gasteiger partial charge in [-0.1, -0.05) is 12.1 Å². The molecule has 0 atom stereocenters. The number of urea groups is 1. The van der Waals surface area contributed by atoms with Crippen LogP contribution in [-0.2, 0) is 6.54 Å². The number of piperidine rings is 1. The highest BCUT2D eigenvalue weighted by Gasteiger charge is 2.41. The molecule has 0 aromatic heterocycles. The lowest BCUT2D eigenvalue weighted by Crippen LogP contribution is -2.45. The highest BCUT2D eigenvalue weighted by molar-refractivity contribution is 5.91. The summed E-state index contributed by atoms with van der Waals surface area (Å²) in [5.74, 6) is 1.54. The summed E-state index contributed by atoms with van der Waals surface area (Å²) in [5, 5.41) is 13.1. The Hall–Kier alpha value is -3.13. The molecule has 2 heterocycles. The molecule has 2 N–H and O–H groups in total. The van der Waals surface area contributed by atoms with Crippen LogP contribution in [0.15, 0.2) is 36.4 Å². The highest BCUT2D eigenvalue weighted by atomic mass is 16.5. The second kappa shape index (κ2) is 9.79. The van der Waals surface area contributed by atoms with Gasteiger partial charge in [-0.3, -0.25) is 4.90 Å².